The molecule has 1 aromatic carbocycles. The van der Waals surface area contributed by atoms with E-state index >= 15 is 0 Å². The van der Waals surface area contributed by atoms with E-state index in [2.05, 4.69) is 21.2 Å². The Morgan fingerprint density at radius 3 is 2.58 bits per heavy atom. The van der Waals surface area contributed by atoms with Crippen molar-refractivity contribution in [3.63, 3.8) is 0 Å². The average Bonchev–Trinajstić information content (AvgIpc) is 3.17. The zero-order valence-corrected chi connectivity index (χ0v) is 12.4. The second kappa shape index (κ2) is 5.38. The van der Waals surface area contributed by atoms with Gasteiger partial charge in [-0.1, -0.05) is 0 Å². The van der Waals surface area contributed by atoms with Crippen molar-refractivity contribution in [1.29, 1.82) is 0 Å². The molecule has 0 aromatic heterocycles. The normalized spacial score (nSPS) is 15.8. The Morgan fingerprint density at radius 1 is 1.42 bits per heavy atom. The third kappa shape index (κ3) is 2.84. The first-order valence-corrected chi connectivity index (χ1v) is 6.69. The quantitative estimate of drug-likeness (QED) is 0.863. The summed E-state index contributed by atoms with van der Waals surface area (Å²) >= 11 is 3.35. The maximum Gasteiger partial charge on any atom is 0.255 e. The predicted molar refractivity (Wildman–Crippen MR) is 73.8 cm³/mol. The summed E-state index contributed by atoms with van der Waals surface area (Å²) in [6.45, 7) is -0.0494. The summed E-state index contributed by atoms with van der Waals surface area (Å²) < 4.78 is 11.0. The van der Waals surface area contributed by atoms with Crippen molar-refractivity contribution < 1.29 is 19.4 Å². The Balaban J connectivity index is 2.31. The van der Waals surface area contributed by atoms with Crippen LogP contribution in [0.4, 0.5) is 0 Å². The molecule has 0 aliphatic heterocycles. The number of nitrogens with one attached hydrogen (secondary N) is 1. The Kier molecular flexibility index (Phi) is 4.01. The van der Waals surface area contributed by atoms with Gasteiger partial charge < -0.3 is 19.9 Å². The number of aliphatic hydroxyl groups is 1. The third-order valence-electron chi connectivity index (χ3n) is 3.24. The molecule has 0 bridgehead atoms. The van der Waals surface area contributed by atoms with Gasteiger partial charge in [-0.3, -0.25) is 4.79 Å². The van der Waals surface area contributed by atoms with Gasteiger partial charge in [-0.2, -0.15) is 0 Å². The molecule has 1 fully saturated rings. The van der Waals surface area contributed by atoms with Crippen LogP contribution in [0.15, 0.2) is 16.6 Å². The summed E-state index contributed by atoms with van der Waals surface area (Å²) in [4.78, 5) is 12.3. The second-order valence-corrected chi connectivity index (χ2v) is 5.44. The number of rotatable bonds is 5. The van der Waals surface area contributed by atoms with Gasteiger partial charge in [0, 0.05) is 0 Å². The SMILES string of the molecule is COc1cc(Br)c(OC)c(C(=O)NC2(CO)CC2)c1. The van der Waals surface area contributed by atoms with E-state index in [4.69, 9.17) is 9.47 Å². The molecule has 2 rings (SSSR count). The minimum Gasteiger partial charge on any atom is -0.497 e. The highest BCUT2D eigenvalue weighted by Crippen LogP contribution is 2.37. The van der Waals surface area contributed by atoms with E-state index < -0.39 is 5.54 Å². The zero-order chi connectivity index (χ0) is 14.0. The van der Waals surface area contributed by atoms with E-state index in [9.17, 15) is 9.90 Å². The first-order chi connectivity index (χ1) is 9.05. The highest BCUT2D eigenvalue weighted by Gasteiger charge is 2.43. The molecule has 0 spiro atoms. The maximum atomic E-state index is 12.3. The summed E-state index contributed by atoms with van der Waals surface area (Å²) in [5, 5.41) is 12.1. The largest absolute Gasteiger partial charge is 0.497 e. The summed E-state index contributed by atoms with van der Waals surface area (Å²) in [6, 6.07) is 3.35. The van der Waals surface area contributed by atoms with Crippen molar-refractivity contribution >= 4 is 21.8 Å². The molecule has 1 aliphatic rings. The minimum atomic E-state index is -0.461. The number of ether oxygens (including phenoxy) is 2. The number of hydrogen-bond donors (Lipinski definition) is 2. The van der Waals surface area contributed by atoms with Gasteiger partial charge in [0.2, 0.25) is 0 Å². The van der Waals surface area contributed by atoms with Crippen LogP contribution in [-0.2, 0) is 0 Å². The molecular formula is C13H16BrNO4. The van der Waals surface area contributed by atoms with Gasteiger partial charge in [-0.05, 0) is 40.9 Å². The van der Waals surface area contributed by atoms with Crippen molar-refractivity contribution in [3.8, 4) is 11.5 Å². The molecule has 1 aliphatic carbocycles. The highest BCUT2D eigenvalue weighted by atomic mass is 79.9. The first kappa shape index (κ1) is 14.1. The van der Waals surface area contributed by atoms with Gasteiger partial charge in [0.1, 0.15) is 11.5 Å². The molecule has 104 valence electrons. The molecule has 19 heavy (non-hydrogen) atoms. The number of benzene rings is 1. The van der Waals surface area contributed by atoms with Gasteiger partial charge in [-0.15, -0.1) is 0 Å². The van der Waals surface area contributed by atoms with E-state index in [0.717, 1.165) is 12.8 Å². The van der Waals surface area contributed by atoms with Crippen LogP contribution in [0.3, 0.4) is 0 Å². The van der Waals surface area contributed by atoms with E-state index in [0.29, 0.717) is 21.5 Å². The van der Waals surface area contributed by atoms with Crippen LogP contribution < -0.4 is 14.8 Å². The van der Waals surface area contributed by atoms with Gasteiger partial charge in [-0.25, -0.2) is 0 Å². The number of halogens is 1. The Bertz CT molecular complexity index is 500. The topological polar surface area (TPSA) is 67.8 Å². The molecule has 1 aromatic rings. The van der Waals surface area contributed by atoms with Crippen LogP contribution in [0.1, 0.15) is 23.2 Å². The fraction of sp³-hybridized carbons (Fsp3) is 0.462. The van der Waals surface area contributed by atoms with Gasteiger partial charge in [0.15, 0.2) is 0 Å². The lowest BCUT2D eigenvalue weighted by molar-refractivity contribution is 0.0903. The van der Waals surface area contributed by atoms with E-state index in [-0.39, 0.29) is 12.5 Å². The van der Waals surface area contributed by atoms with Crippen molar-refractivity contribution in [1.82, 2.24) is 5.32 Å². The predicted octanol–water partition coefficient (Wildman–Crippen LogP) is 1.72. The Labute approximate surface area is 120 Å². The summed E-state index contributed by atoms with van der Waals surface area (Å²) in [5.74, 6) is 0.738. The van der Waals surface area contributed by atoms with Crippen LogP contribution in [0.2, 0.25) is 0 Å². The minimum absolute atomic E-state index is 0.0494. The van der Waals surface area contributed by atoms with Crippen LogP contribution in [0.25, 0.3) is 0 Å². The molecule has 0 atom stereocenters. The molecule has 1 saturated carbocycles. The van der Waals surface area contributed by atoms with Crippen LogP contribution >= 0.6 is 15.9 Å². The number of hydrogen-bond acceptors (Lipinski definition) is 4. The Morgan fingerprint density at radius 2 is 2.11 bits per heavy atom. The lowest BCUT2D eigenvalue weighted by Gasteiger charge is -2.17. The average molecular weight is 330 g/mol. The summed E-state index contributed by atoms with van der Waals surface area (Å²) in [5.41, 5.74) is -0.0778. The standard InChI is InChI=1S/C13H16BrNO4/c1-18-8-5-9(11(19-2)10(14)6-8)12(17)15-13(7-16)3-4-13/h5-6,16H,3-4,7H2,1-2H3,(H,15,17). The molecule has 0 unspecified atom stereocenters. The van der Waals surface area contributed by atoms with Crippen LogP contribution in [0.5, 0.6) is 11.5 Å². The van der Waals surface area contributed by atoms with Gasteiger partial charge in [0.25, 0.3) is 5.91 Å². The van der Waals surface area contributed by atoms with Gasteiger partial charge in [0.05, 0.1) is 36.4 Å². The smallest absolute Gasteiger partial charge is 0.255 e. The molecule has 5 nitrogen and oxygen atoms in total. The van der Waals surface area contributed by atoms with Crippen molar-refractivity contribution in [3.05, 3.63) is 22.2 Å². The number of carbonyl (C=O) groups is 1. The lowest BCUT2D eigenvalue weighted by atomic mass is 10.1. The molecule has 0 radical (unpaired) electrons. The Hall–Kier alpha value is -1.27. The monoisotopic (exact) mass is 329 g/mol. The highest BCUT2D eigenvalue weighted by molar-refractivity contribution is 9.10. The van der Waals surface area contributed by atoms with Gasteiger partial charge >= 0.3 is 0 Å². The van der Waals surface area contributed by atoms with Crippen molar-refractivity contribution in [2.24, 2.45) is 0 Å². The van der Waals surface area contributed by atoms with E-state index in [1.54, 1.807) is 12.1 Å². The molecule has 0 saturated heterocycles. The first-order valence-electron chi connectivity index (χ1n) is 5.90. The fourth-order valence-corrected chi connectivity index (χ4v) is 2.45. The van der Waals surface area contributed by atoms with E-state index in [1.807, 2.05) is 0 Å². The summed E-state index contributed by atoms with van der Waals surface area (Å²) in [6.07, 6.45) is 1.59. The number of methoxy groups -OCH3 is 2. The fourth-order valence-electron chi connectivity index (χ4n) is 1.84. The zero-order valence-electron chi connectivity index (χ0n) is 10.8. The number of amides is 1. The maximum absolute atomic E-state index is 12.3. The molecule has 1 amide bonds. The number of carbonyl (C=O) groups excluding carboxylic acids is 1. The molecule has 2 N–H and O–H groups in total. The molecular weight excluding hydrogens is 314 g/mol. The molecule has 0 heterocycles. The third-order valence-corrected chi connectivity index (χ3v) is 3.83. The lowest BCUT2D eigenvalue weighted by Crippen LogP contribution is -2.39. The van der Waals surface area contributed by atoms with E-state index in [1.165, 1.54) is 14.2 Å². The summed E-state index contributed by atoms with van der Waals surface area (Å²) in [7, 11) is 3.04. The van der Waals surface area contributed by atoms with Crippen LogP contribution in [0, 0.1) is 0 Å². The van der Waals surface area contributed by atoms with Crippen molar-refractivity contribution in [2.75, 3.05) is 20.8 Å². The molecule has 6 heteroatoms. The van der Waals surface area contributed by atoms with Crippen molar-refractivity contribution in [2.45, 2.75) is 18.4 Å². The second-order valence-electron chi connectivity index (χ2n) is 4.58. The van der Waals surface area contributed by atoms with Crippen LogP contribution in [-0.4, -0.2) is 37.4 Å². The number of aliphatic hydroxyl groups excluding tert-OH is 1.